The van der Waals surface area contributed by atoms with Gasteiger partial charge in [0, 0.05) is 25.7 Å². The maximum atomic E-state index is 11.9. The average Bonchev–Trinajstić information content (AvgIpc) is 2.46. The summed E-state index contributed by atoms with van der Waals surface area (Å²) in [5.41, 5.74) is 1.06. The maximum absolute atomic E-state index is 11.9. The lowest BCUT2D eigenvalue weighted by Gasteiger charge is -2.18. The van der Waals surface area contributed by atoms with Crippen molar-refractivity contribution in [2.75, 3.05) is 44.3 Å². The molecule has 1 rings (SSSR count). The monoisotopic (exact) mass is 313 g/mol. The van der Waals surface area contributed by atoms with E-state index in [0.717, 1.165) is 6.54 Å². The zero-order valence-electron chi connectivity index (χ0n) is 13.0. The Kier molecular flexibility index (Phi) is 6.17. The Hall–Kier alpha value is -1.60. The van der Waals surface area contributed by atoms with Crippen molar-refractivity contribution in [3.8, 4) is 0 Å². The molecule has 0 saturated carbocycles. The number of benzene rings is 1. The van der Waals surface area contributed by atoms with E-state index in [-0.39, 0.29) is 11.7 Å². The third kappa shape index (κ3) is 5.02. The van der Waals surface area contributed by atoms with Crippen LogP contribution in [0.15, 0.2) is 24.3 Å². The highest BCUT2D eigenvalue weighted by Gasteiger charge is 2.16. The molecular weight excluding hydrogens is 290 g/mol. The summed E-state index contributed by atoms with van der Waals surface area (Å²) in [5.74, 6) is -0.125. The number of hydrogen-bond acceptors (Lipinski definition) is 4. The molecule has 0 spiro atoms. The molecule has 0 atom stereocenters. The molecule has 1 aromatic rings. The number of amides is 1. The first-order chi connectivity index (χ1) is 9.77. The largest absolute Gasteiger partial charge is 0.351 e. The van der Waals surface area contributed by atoms with Crippen molar-refractivity contribution in [1.82, 2.24) is 10.2 Å². The van der Waals surface area contributed by atoms with E-state index in [1.54, 1.807) is 31.2 Å². The van der Waals surface area contributed by atoms with Gasteiger partial charge in [-0.15, -0.1) is 0 Å². The second-order valence-corrected chi connectivity index (χ2v) is 7.26. The zero-order chi connectivity index (χ0) is 16.0. The topological polar surface area (TPSA) is 69.7 Å². The van der Waals surface area contributed by atoms with Crippen LogP contribution in [-0.4, -0.2) is 59.2 Å². The lowest BCUT2D eigenvalue weighted by molar-refractivity contribution is 0.0951. The Morgan fingerprint density at radius 2 is 1.71 bits per heavy atom. The molecule has 0 bridgehead atoms. The summed E-state index contributed by atoms with van der Waals surface area (Å²) in [5, 5.41) is 2.81. The summed E-state index contributed by atoms with van der Waals surface area (Å²) in [6, 6.07) is 6.52. The van der Waals surface area contributed by atoms with Crippen molar-refractivity contribution in [3.63, 3.8) is 0 Å². The van der Waals surface area contributed by atoms with Crippen molar-refractivity contribution in [2.45, 2.75) is 6.92 Å². The van der Waals surface area contributed by atoms with E-state index in [0.29, 0.717) is 17.8 Å². The van der Waals surface area contributed by atoms with Gasteiger partial charge in [-0.1, -0.05) is 0 Å². The first-order valence-electron chi connectivity index (χ1n) is 6.77. The van der Waals surface area contributed by atoms with Gasteiger partial charge in [-0.3, -0.25) is 9.10 Å². The molecule has 0 heterocycles. The van der Waals surface area contributed by atoms with Gasteiger partial charge in [0.25, 0.3) is 5.91 Å². The minimum atomic E-state index is -3.28. The molecule has 1 aromatic carbocycles. The van der Waals surface area contributed by atoms with Crippen molar-refractivity contribution in [3.05, 3.63) is 29.8 Å². The summed E-state index contributed by atoms with van der Waals surface area (Å²) in [7, 11) is 2.10. The molecule has 1 amide bonds. The van der Waals surface area contributed by atoms with Crippen molar-refractivity contribution in [2.24, 2.45) is 0 Å². The molecule has 0 fully saturated rings. The zero-order valence-corrected chi connectivity index (χ0v) is 13.8. The van der Waals surface area contributed by atoms with E-state index < -0.39 is 10.0 Å². The quantitative estimate of drug-likeness (QED) is 0.807. The van der Waals surface area contributed by atoms with E-state index in [9.17, 15) is 13.2 Å². The third-order valence-electron chi connectivity index (χ3n) is 3.12. The summed E-state index contributed by atoms with van der Waals surface area (Å²) < 4.78 is 24.8. The van der Waals surface area contributed by atoms with E-state index >= 15 is 0 Å². The number of anilines is 1. The molecule has 0 aliphatic heterocycles. The number of carbonyl (C=O) groups is 1. The van der Waals surface area contributed by atoms with Gasteiger partial charge in [-0.2, -0.15) is 0 Å². The molecule has 0 unspecified atom stereocenters. The number of nitrogens with one attached hydrogen (secondary N) is 1. The standard InChI is InChI=1S/C14H23N3O3S/c1-5-21(19,20)17(4)13-8-6-12(7-9-13)14(18)15-10-11-16(2)3/h6-9H,5,10-11H2,1-4H3,(H,15,18). The molecule has 0 saturated heterocycles. The molecule has 0 aromatic heterocycles. The summed E-state index contributed by atoms with van der Waals surface area (Å²) >= 11 is 0. The molecule has 6 nitrogen and oxygen atoms in total. The smallest absolute Gasteiger partial charge is 0.251 e. The maximum Gasteiger partial charge on any atom is 0.251 e. The predicted octanol–water partition coefficient (Wildman–Crippen LogP) is 0.764. The highest BCUT2D eigenvalue weighted by atomic mass is 32.2. The Morgan fingerprint density at radius 1 is 1.14 bits per heavy atom. The number of hydrogen-bond donors (Lipinski definition) is 1. The van der Waals surface area contributed by atoms with E-state index in [1.165, 1.54) is 11.4 Å². The number of likely N-dealkylation sites (N-methyl/N-ethyl adjacent to an activating group) is 1. The van der Waals surface area contributed by atoms with Crippen LogP contribution in [0.1, 0.15) is 17.3 Å². The minimum absolute atomic E-state index is 0.0380. The van der Waals surface area contributed by atoms with Crippen LogP contribution in [0.5, 0.6) is 0 Å². The lowest BCUT2D eigenvalue weighted by atomic mass is 10.2. The van der Waals surface area contributed by atoms with E-state index in [4.69, 9.17) is 0 Å². The lowest BCUT2D eigenvalue weighted by Crippen LogP contribution is -2.31. The van der Waals surface area contributed by atoms with Gasteiger partial charge >= 0.3 is 0 Å². The van der Waals surface area contributed by atoms with Gasteiger partial charge in [0.15, 0.2) is 0 Å². The van der Waals surface area contributed by atoms with Crippen LogP contribution in [0.25, 0.3) is 0 Å². The highest BCUT2D eigenvalue weighted by Crippen LogP contribution is 2.17. The van der Waals surface area contributed by atoms with E-state index in [2.05, 4.69) is 5.32 Å². The summed E-state index contributed by atoms with van der Waals surface area (Å²) in [6.45, 7) is 2.93. The van der Waals surface area contributed by atoms with Gasteiger partial charge < -0.3 is 10.2 Å². The Morgan fingerprint density at radius 3 is 2.19 bits per heavy atom. The third-order valence-corrected chi connectivity index (χ3v) is 4.89. The van der Waals surface area contributed by atoms with Crippen LogP contribution in [0, 0.1) is 0 Å². The summed E-state index contributed by atoms with van der Waals surface area (Å²) in [4.78, 5) is 13.9. The van der Waals surface area contributed by atoms with Gasteiger partial charge in [0.1, 0.15) is 0 Å². The second-order valence-electron chi connectivity index (χ2n) is 4.97. The molecule has 21 heavy (non-hydrogen) atoms. The van der Waals surface area contributed by atoms with Gasteiger partial charge in [-0.25, -0.2) is 8.42 Å². The fourth-order valence-corrected chi connectivity index (χ4v) is 2.50. The van der Waals surface area contributed by atoms with Crippen LogP contribution in [0.2, 0.25) is 0 Å². The van der Waals surface area contributed by atoms with Crippen molar-refractivity contribution < 1.29 is 13.2 Å². The SMILES string of the molecule is CCS(=O)(=O)N(C)c1ccc(C(=O)NCCN(C)C)cc1. The first kappa shape index (κ1) is 17.5. The highest BCUT2D eigenvalue weighted by molar-refractivity contribution is 7.92. The Labute approximate surface area is 126 Å². The number of sulfonamides is 1. The van der Waals surface area contributed by atoms with Crippen LogP contribution in [0.4, 0.5) is 5.69 Å². The minimum Gasteiger partial charge on any atom is -0.351 e. The molecule has 1 N–H and O–H groups in total. The van der Waals surface area contributed by atoms with Gasteiger partial charge in [-0.05, 0) is 45.3 Å². The first-order valence-corrected chi connectivity index (χ1v) is 8.38. The second kappa shape index (κ2) is 7.42. The van der Waals surface area contributed by atoms with Crippen LogP contribution < -0.4 is 9.62 Å². The average molecular weight is 313 g/mol. The Balaban J connectivity index is 2.72. The predicted molar refractivity (Wildman–Crippen MR) is 85.2 cm³/mol. The van der Waals surface area contributed by atoms with Crippen LogP contribution >= 0.6 is 0 Å². The van der Waals surface area contributed by atoms with Crippen LogP contribution in [0.3, 0.4) is 0 Å². The molecule has 0 aliphatic carbocycles. The molecule has 118 valence electrons. The van der Waals surface area contributed by atoms with Crippen molar-refractivity contribution >= 4 is 21.6 Å². The molecule has 7 heteroatoms. The number of carbonyl (C=O) groups excluding carboxylic acids is 1. The molecule has 0 aliphatic rings. The van der Waals surface area contributed by atoms with Crippen molar-refractivity contribution in [1.29, 1.82) is 0 Å². The molecular formula is C14H23N3O3S. The number of nitrogens with zero attached hydrogens (tertiary/aromatic N) is 2. The summed E-state index contributed by atoms with van der Waals surface area (Å²) in [6.07, 6.45) is 0. The van der Waals surface area contributed by atoms with Gasteiger partial charge in [0.2, 0.25) is 10.0 Å². The Bertz CT molecular complexity index is 568. The van der Waals surface area contributed by atoms with Gasteiger partial charge in [0.05, 0.1) is 11.4 Å². The molecule has 0 radical (unpaired) electrons. The van der Waals surface area contributed by atoms with E-state index in [1.807, 2.05) is 19.0 Å². The fraction of sp³-hybridized carbons (Fsp3) is 0.500. The normalized spacial score (nSPS) is 11.5. The number of rotatable bonds is 7. The fourth-order valence-electron chi connectivity index (χ4n) is 1.67. The van der Waals surface area contributed by atoms with Crippen LogP contribution in [-0.2, 0) is 10.0 Å².